The van der Waals surface area contributed by atoms with Crippen LogP contribution in [0.15, 0.2) is 47.4 Å². The van der Waals surface area contributed by atoms with Gasteiger partial charge in [0.2, 0.25) is 10.0 Å². The zero-order valence-corrected chi connectivity index (χ0v) is 13.7. The highest BCUT2D eigenvalue weighted by Gasteiger charge is 2.34. The predicted octanol–water partition coefficient (Wildman–Crippen LogP) is 2.93. The van der Waals surface area contributed by atoms with Crippen molar-refractivity contribution in [1.29, 1.82) is 0 Å². The Hall–Kier alpha value is -1.11. The van der Waals surface area contributed by atoms with E-state index in [0.717, 1.165) is 11.1 Å². The fourth-order valence-electron chi connectivity index (χ4n) is 2.64. The van der Waals surface area contributed by atoms with Crippen molar-refractivity contribution in [3.63, 3.8) is 0 Å². The standard InChI is InChI=1S/C15H13Cl2NO3S/c16-10-5-6-14(12(17)8-10)22(20,21)18-15-11-4-2-1-3-9(11)7-13(15)19/h1-6,8,13,15,18-19H,7H2/t13-,15?/m1/s1. The third-order valence-corrected chi connectivity index (χ3v) is 5.83. The van der Waals surface area contributed by atoms with Crippen molar-refractivity contribution in [2.24, 2.45) is 0 Å². The largest absolute Gasteiger partial charge is 0.391 e. The second kappa shape index (κ2) is 5.83. The number of aliphatic hydroxyl groups is 1. The zero-order valence-electron chi connectivity index (χ0n) is 11.3. The van der Waals surface area contributed by atoms with Gasteiger partial charge in [-0.05, 0) is 29.3 Å². The Morgan fingerprint density at radius 3 is 2.59 bits per heavy atom. The van der Waals surface area contributed by atoms with Crippen LogP contribution in [0.2, 0.25) is 10.0 Å². The van der Waals surface area contributed by atoms with Crippen LogP contribution in [-0.2, 0) is 16.4 Å². The lowest BCUT2D eigenvalue weighted by Crippen LogP contribution is -2.34. The normalized spacial score (nSPS) is 20.9. The summed E-state index contributed by atoms with van der Waals surface area (Å²) in [4.78, 5) is -0.0600. The molecule has 0 saturated heterocycles. The first-order valence-corrected chi connectivity index (χ1v) is 8.85. The molecule has 2 aromatic rings. The minimum absolute atomic E-state index is 0.0424. The van der Waals surface area contributed by atoms with Crippen LogP contribution in [0.1, 0.15) is 17.2 Å². The molecule has 0 saturated carbocycles. The summed E-state index contributed by atoms with van der Waals surface area (Å²) in [6, 6.07) is 10.8. The van der Waals surface area contributed by atoms with Gasteiger partial charge in [0.05, 0.1) is 17.2 Å². The van der Waals surface area contributed by atoms with Gasteiger partial charge in [-0.2, -0.15) is 0 Å². The molecule has 4 nitrogen and oxygen atoms in total. The van der Waals surface area contributed by atoms with Crippen molar-refractivity contribution >= 4 is 33.2 Å². The van der Waals surface area contributed by atoms with E-state index in [4.69, 9.17) is 23.2 Å². The zero-order chi connectivity index (χ0) is 15.9. The Kier molecular flexibility index (Phi) is 4.18. The lowest BCUT2D eigenvalue weighted by molar-refractivity contribution is 0.151. The molecule has 0 heterocycles. The molecule has 0 radical (unpaired) electrons. The van der Waals surface area contributed by atoms with Gasteiger partial charge in [0, 0.05) is 11.4 Å². The average Bonchev–Trinajstić information content (AvgIpc) is 2.74. The molecule has 116 valence electrons. The molecule has 0 aliphatic heterocycles. The van der Waals surface area contributed by atoms with Crippen molar-refractivity contribution in [3.8, 4) is 0 Å². The first-order chi connectivity index (χ1) is 10.4. The fourth-order valence-corrected chi connectivity index (χ4v) is 4.66. The molecule has 0 spiro atoms. The Balaban J connectivity index is 1.95. The van der Waals surface area contributed by atoms with Gasteiger partial charge in [-0.3, -0.25) is 0 Å². The number of fused-ring (bicyclic) bond motifs is 1. The van der Waals surface area contributed by atoms with E-state index in [-0.39, 0.29) is 9.92 Å². The number of benzene rings is 2. The lowest BCUT2D eigenvalue weighted by atomic mass is 10.1. The second-order valence-electron chi connectivity index (χ2n) is 5.14. The van der Waals surface area contributed by atoms with Crippen LogP contribution in [0.5, 0.6) is 0 Å². The van der Waals surface area contributed by atoms with Gasteiger partial charge in [0.15, 0.2) is 0 Å². The number of halogens is 2. The third-order valence-electron chi connectivity index (χ3n) is 3.67. The van der Waals surface area contributed by atoms with Crippen molar-refractivity contribution in [2.45, 2.75) is 23.5 Å². The topological polar surface area (TPSA) is 66.4 Å². The van der Waals surface area contributed by atoms with Crippen LogP contribution in [0.25, 0.3) is 0 Å². The first kappa shape index (κ1) is 15.8. The molecule has 0 amide bonds. The Morgan fingerprint density at radius 1 is 1.14 bits per heavy atom. The van der Waals surface area contributed by atoms with E-state index < -0.39 is 22.2 Å². The van der Waals surface area contributed by atoms with Gasteiger partial charge in [0.1, 0.15) is 4.90 Å². The summed E-state index contributed by atoms with van der Waals surface area (Å²) in [5.41, 5.74) is 1.72. The summed E-state index contributed by atoms with van der Waals surface area (Å²) < 4.78 is 27.6. The van der Waals surface area contributed by atoms with Crippen molar-refractivity contribution in [3.05, 3.63) is 63.6 Å². The van der Waals surface area contributed by atoms with E-state index in [1.165, 1.54) is 18.2 Å². The summed E-state index contributed by atoms with van der Waals surface area (Å²) in [5.74, 6) is 0. The molecule has 22 heavy (non-hydrogen) atoms. The highest BCUT2D eigenvalue weighted by atomic mass is 35.5. The van der Waals surface area contributed by atoms with Crippen LogP contribution >= 0.6 is 23.2 Å². The van der Waals surface area contributed by atoms with Crippen molar-refractivity contribution < 1.29 is 13.5 Å². The molecule has 1 unspecified atom stereocenters. The summed E-state index contributed by atoms with van der Waals surface area (Å²) in [5, 5.41) is 10.6. The van der Waals surface area contributed by atoms with Gasteiger partial charge in [0.25, 0.3) is 0 Å². The number of hydrogen-bond donors (Lipinski definition) is 2. The van der Waals surface area contributed by atoms with Crippen LogP contribution in [0.4, 0.5) is 0 Å². The monoisotopic (exact) mass is 357 g/mol. The van der Waals surface area contributed by atoms with Gasteiger partial charge in [-0.1, -0.05) is 47.5 Å². The van der Waals surface area contributed by atoms with E-state index in [0.29, 0.717) is 11.4 Å². The molecule has 2 atom stereocenters. The van der Waals surface area contributed by atoms with E-state index in [1.54, 1.807) is 0 Å². The van der Waals surface area contributed by atoms with Gasteiger partial charge < -0.3 is 5.11 Å². The maximum absolute atomic E-state index is 12.5. The molecule has 0 bridgehead atoms. The molecule has 0 aromatic heterocycles. The lowest BCUT2D eigenvalue weighted by Gasteiger charge is -2.18. The van der Waals surface area contributed by atoms with Crippen LogP contribution in [-0.4, -0.2) is 19.6 Å². The molecular formula is C15H13Cl2NO3S. The highest BCUT2D eigenvalue weighted by Crippen LogP contribution is 2.33. The van der Waals surface area contributed by atoms with Gasteiger partial charge in [-0.25, -0.2) is 13.1 Å². The summed E-state index contributed by atoms with van der Waals surface area (Å²) in [6.45, 7) is 0. The maximum atomic E-state index is 12.5. The Labute approximate surface area is 138 Å². The first-order valence-electron chi connectivity index (χ1n) is 6.62. The van der Waals surface area contributed by atoms with Crippen LogP contribution in [0, 0.1) is 0 Å². The number of aliphatic hydroxyl groups excluding tert-OH is 1. The fraction of sp³-hybridized carbons (Fsp3) is 0.200. The molecule has 3 rings (SSSR count). The van der Waals surface area contributed by atoms with E-state index in [9.17, 15) is 13.5 Å². The minimum Gasteiger partial charge on any atom is -0.391 e. The van der Waals surface area contributed by atoms with E-state index in [1.807, 2.05) is 24.3 Å². The third kappa shape index (κ3) is 2.87. The van der Waals surface area contributed by atoms with Crippen LogP contribution in [0.3, 0.4) is 0 Å². The molecule has 2 aromatic carbocycles. The smallest absolute Gasteiger partial charge is 0.242 e. The molecule has 1 aliphatic carbocycles. The quantitative estimate of drug-likeness (QED) is 0.887. The Bertz CT molecular complexity index is 823. The molecule has 1 aliphatic rings. The number of nitrogens with one attached hydrogen (secondary N) is 1. The SMILES string of the molecule is O=S(=O)(NC1c2ccccc2C[C@H]1O)c1ccc(Cl)cc1Cl. The Morgan fingerprint density at radius 2 is 1.86 bits per heavy atom. The summed E-state index contributed by atoms with van der Waals surface area (Å²) >= 11 is 11.8. The molecule has 7 heteroatoms. The molecular weight excluding hydrogens is 345 g/mol. The number of sulfonamides is 1. The van der Waals surface area contributed by atoms with E-state index in [2.05, 4.69) is 4.72 Å². The maximum Gasteiger partial charge on any atom is 0.242 e. The summed E-state index contributed by atoms with van der Waals surface area (Å²) in [6.07, 6.45) is -0.393. The van der Waals surface area contributed by atoms with Gasteiger partial charge >= 0.3 is 0 Å². The van der Waals surface area contributed by atoms with E-state index >= 15 is 0 Å². The van der Waals surface area contributed by atoms with Crippen molar-refractivity contribution in [1.82, 2.24) is 4.72 Å². The number of rotatable bonds is 3. The average molecular weight is 358 g/mol. The van der Waals surface area contributed by atoms with Gasteiger partial charge in [-0.15, -0.1) is 0 Å². The molecule has 0 fully saturated rings. The number of hydrogen-bond acceptors (Lipinski definition) is 3. The van der Waals surface area contributed by atoms with Crippen molar-refractivity contribution in [2.75, 3.05) is 0 Å². The second-order valence-corrected chi connectivity index (χ2v) is 7.67. The molecule has 2 N–H and O–H groups in total. The predicted molar refractivity (Wildman–Crippen MR) is 85.7 cm³/mol. The summed E-state index contributed by atoms with van der Waals surface area (Å²) in [7, 11) is -3.87. The minimum atomic E-state index is -3.87. The highest BCUT2D eigenvalue weighted by molar-refractivity contribution is 7.89. The van der Waals surface area contributed by atoms with Crippen LogP contribution < -0.4 is 4.72 Å².